The van der Waals surface area contributed by atoms with Gasteiger partial charge >= 0.3 is 6.18 Å². The molecule has 1 aromatic carbocycles. The Morgan fingerprint density at radius 2 is 1.91 bits per heavy atom. The van der Waals surface area contributed by atoms with Crippen molar-refractivity contribution in [2.45, 2.75) is 13.1 Å². The van der Waals surface area contributed by atoms with E-state index in [1.807, 2.05) is 0 Å². The molecule has 0 N–H and O–H groups in total. The molecule has 0 aliphatic carbocycles. The van der Waals surface area contributed by atoms with Gasteiger partial charge in [0.05, 0.1) is 15.7 Å². The van der Waals surface area contributed by atoms with Gasteiger partial charge in [-0.05, 0) is 19.1 Å². The van der Waals surface area contributed by atoms with Crippen LogP contribution in [-0.4, -0.2) is 25.3 Å². The monoisotopic (exact) mass is 372 g/mol. The van der Waals surface area contributed by atoms with Gasteiger partial charge in [0, 0.05) is 7.05 Å². The van der Waals surface area contributed by atoms with Crippen molar-refractivity contribution in [3.05, 3.63) is 39.0 Å². The van der Waals surface area contributed by atoms with E-state index in [1.54, 1.807) is 18.2 Å². The van der Waals surface area contributed by atoms with Crippen LogP contribution >= 0.6 is 34.8 Å². The minimum Gasteiger partial charge on any atom is -0.332 e. The Kier molecular flexibility index (Phi) is 6.28. The SMILES string of the molecule is C/C(=N/C(Cl)=C(\C=O)C(F)(F)F)N(C)c1cccc(Cl)c1Cl. The Labute approximate surface area is 140 Å². The van der Waals surface area contributed by atoms with E-state index >= 15 is 0 Å². The van der Waals surface area contributed by atoms with E-state index < -0.39 is 16.9 Å². The number of hydrogen-bond donors (Lipinski definition) is 0. The highest BCUT2D eigenvalue weighted by atomic mass is 35.5. The minimum absolute atomic E-state index is 0.0952. The lowest BCUT2D eigenvalue weighted by Gasteiger charge is -2.20. The largest absolute Gasteiger partial charge is 0.422 e. The third-order valence-corrected chi connectivity index (χ3v) is 3.78. The fraction of sp³-hybridized carbons (Fsp3) is 0.231. The van der Waals surface area contributed by atoms with Gasteiger partial charge in [0.25, 0.3) is 0 Å². The van der Waals surface area contributed by atoms with Crippen LogP contribution in [-0.2, 0) is 4.79 Å². The number of rotatable bonds is 3. The Balaban J connectivity index is 3.24. The van der Waals surface area contributed by atoms with Gasteiger partial charge in [0.15, 0.2) is 6.29 Å². The van der Waals surface area contributed by atoms with Crippen molar-refractivity contribution in [2.75, 3.05) is 11.9 Å². The number of allylic oxidation sites excluding steroid dienone is 1. The Morgan fingerprint density at radius 3 is 2.41 bits per heavy atom. The number of amidine groups is 1. The molecule has 1 rings (SSSR count). The van der Waals surface area contributed by atoms with Gasteiger partial charge in [0.1, 0.15) is 16.6 Å². The van der Waals surface area contributed by atoms with Gasteiger partial charge in [-0.25, -0.2) is 4.99 Å². The summed E-state index contributed by atoms with van der Waals surface area (Å²) in [5.74, 6) is 0.0952. The molecular formula is C13H10Cl3F3N2O. The second-order valence-electron chi connectivity index (χ2n) is 4.11. The molecular weight excluding hydrogens is 364 g/mol. The summed E-state index contributed by atoms with van der Waals surface area (Å²) in [6.07, 6.45) is -5.26. The topological polar surface area (TPSA) is 32.7 Å². The molecule has 0 heterocycles. The highest BCUT2D eigenvalue weighted by Crippen LogP contribution is 2.33. The quantitative estimate of drug-likeness (QED) is 0.244. The number of carbonyl (C=O) groups excluding carboxylic acids is 1. The van der Waals surface area contributed by atoms with Gasteiger partial charge in [0.2, 0.25) is 0 Å². The summed E-state index contributed by atoms with van der Waals surface area (Å²) in [4.78, 5) is 15.5. The van der Waals surface area contributed by atoms with Crippen molar-refractivity contribution in [3.63, 3.8) is 0 Å². The van der Waals surface area contributed by atoms with Crippen LogP contribution in [0.1, 0.15) is 6.92 Å². The molecule has 0 fully saturated rings. The van der Waals surface area contributed by atoms with Gasteiger partial charge in [-0.15, -0.1) is 0 Å². The number of anilines is 1. The molecule has 3 nitrogen and oxygen atoms in total. The number of alkyl halides is 3. The molecule has 120 valence electrons. The zero-order valence-electron chi connectivity index (χ0n) is 11.4. The molecule has 0 aliphatic heterocycles. The van der Waals surface area contributed by atoms with E-state index in [0.717, 1.165) is 0 Å². The van der Waals surface area contributed by atoms with Crippen molar-refractivity contribution in [2.24, 2.45) is 4.99 Å². The molecule has 1 aromatic rings. The molecule has 22 heavy (non-hydrogen) atoms. The highest BCUT2D eigenvalue weighted by Gasteiger charge is 2.36. The molecule has 0 aliphatic rings. The molecule has 0 amide bonds. The minimum atomic E-state index is -4.88. The molecule has 0 saturated carbocycles. The smallest absolute Gasteiger partial charge is 0.332 e. The average molecular weight is 374 g/mol. The first-order valence-corrected chi connectivity index (χ1v) is 6.88. The maximum atomic E-state index is 12.6. The van der Waals surface area contributed by atoms with Crippen LogP contribution in [0.15, 0.2) is 33.9 Å². The van der Waals surface area contributed by atoms with Crippen LogP contribution in [0.25, 0.3) is 0 Å². The van der Waals surface area contributed by atoms with Gasteiger partial charge in [-0.3, -0.25) is 4.79 Å². The maximum Gasteiger partial charge on any atom is 0.422 e. The lowest BCUT2D eigenvalue weighted by Crippen LogP contribution is -2.24. The van der Waals surface area contributed by atoms with Crippen LogP contribution in [0.3, 0.4) is 0 Å². The van der Waals surface area contributed by atoms with Crippen molar-refractivity contribution in [1.82, 2.24) is 0 Å². The van der Waals surface area contributed by atoms with Crippen molar-refractivity contribution in [3.8, 4) is 0 Å². The predicted octanol–water partition coefficient (Wildman–Crippen LogP) is 5.06. The summed E-state index contributed by atoms with van der Waals surface area (Å²) in [5, 5.41) is -0.456. The molecule has 0 aromatic heterocycles. The van der Waals surface area contributed by atoms with Crippen LogP contribution in [0.5, 0.6) is 0 Å². The number of halogens is 6. The summed E-state index contributed by atoms with van der Waals surface area (Å²) in [6.45, 7) is 1.42. The lowest BCUT2D eigenvalue weighted by atomic mass is 10.3. The van der Waals surface area contributed by atoms with Crippen LogP contribution in [0, 0.1) is 0 Å². The van der Waals surface area contributed by atoms with E-state index in [0.29, 0.717) is 5.69 Å². The average Bonchev–Trinajstić information content (AvgIpc) is 2.40. The van der Waals surface area contributed by atoms with E-state index in [4.69, 9.17) is 34.8 Å². The summed E-state index contributed by atoms with van der Waals surface area (Å²) in [7, 11) is 1.52. The first kappa shape index (κ1) is 18.8. The summed E-state index contributed by atoms with van der Waals surface area (Å²) in [5.41, 5.74) is -1.13. The zero-order chi connectivity index (χ0) is 17.1. The molecule has 9 heteroatoms. The van der Waals surface area contributed by atoms with E-state index in [9.17, 15) is 18.0 Å². The number of nitrogens with zero attached hydrogens (tertiary/aromatic N) is 2. The van der Waals surface area contributed by atoms with E-state index in [2.05, 4.69) is 4.99 Å². The van der Waals surface area contributed by atoms with Crippen molar-refractivity contribution < 1.29 is 18.0 Å². The molecule has 0 spiro atoms. The molecule has 0 bridgehead atoms. The summed E-state index contributed by atoms with van der Waals surface area (Å²) in [6, 6.07) is 4.79. The molecule has 0 saturated heterocycles. The first-order chi connectivity index (χ1) is 10.1. The summed E-state index contributed by atoms with van der Waals surface area (Å²) < 4.78 is 37.7. The third-order valence-electron chi connectivity index (χ3n) is 2.68. The standard InChI is InChI=1S/C13H10Cl3F3N2O/c1-7(20-12(16)8(6-22)13(17,18)19)21(2)10-5-3-4-9(14)11(10)15/h3-6H,1-2H3/b12-8+,20-7-. The lowest BCUT2D eigenvalue weighted by molar-refractivity contribution is -0.119. The molecule has 0 unspecified atom stereocenters. The normalized spacial score (nSPS) is 13.7. The van der Waals surface area contributed by atoms with Gasteiger partial charge in [-0.1, -0.05) is 40.9 Å². The fourth-order valence-corrected chi connectivity index (χ4v) is 2.13. The Morgan fingerprint density at radius 1 is 1.32 bits per heavy atom. The summed E-state index contributed by atoms with van der Waals surface area (Å²) >= 11 is 17.4. The Hall–Kier alpha value is -1.24. The van der Waals surface area contributed by atoms with Gasteiger partial charge in [-0.2, -0.15) is 13.2 Å². The molecule has 0 radical (unpaired) electrons. The van der Waals surface area contributed by atoms with E-state index in [1.165, 1.54) is 18.9 Å². The van der Waals surface area contributed by atoms with Crippen molar-refractivity contribution >= 4 is 52.6 Å². The number of aldehydes is 1. The van der Waals surface area contributed by atoms with Crippen LogP contribution < -0.4 is 4.90 Å². The molecule has 0 atom stereocenters. The highest BCUT2D eigenvalue weighted by molar-refractivity contribution is 6.44. The van der Waals surface area contributed by atoms with Crippen LogP contribution in [0.2, 0.25) is 10.0 Å². The number of aliphatic imine (C=N–C) groups is 1. The fourth-order valence-electron chi connectivity index (χ4n) is 1.44. The van der Waals surface area contributed by atoms with E-state index in [-0.39, 0.29) is 22.2 Å². The second-order valence-corrected chi connectivity index (χ2v) is 5.25. The zero-order valence-corrected chi connectivity index (χ0v) is 13.6. The first-order valence-electron chi connectivity index (χ1n) is 5.74. The van der Waals surface area contributed by atoms with Crippen molar-refractivity contribution in [1.29, 1.82) is 0 Å². The Bertz CT molecular complexity index is 642. The number of carbonyl (C=O) groups is 1. The predicted molar refractivity (Wildman–Crippen MR) is 83.0 cm³/mol. The van der Waals surface area contributed by atoms with Crippen LogP contribution in [0.4, 0.5) is 18.9 Å². The third kappa shape index (κ3) is 4.38. The number of benzene rings is 1. The number of hydrogen-bond acceptors (Lipinski definition) is 2. The van der Waals surface area contributed by atoms with Gasteiger partial charge < -0.3 is 4.90 Å². The second kappa shape index (κ2) is 7.35. The maximum absolute atomic E-state index is 12.6.